The zero-order chi connectivity index (χ0) is 10.1. The number of esters is 1. The molecule has 0 amide bonds. The van der Waals surface area contributed by atoms with Crippen molar-refractivity contribution in [1.29, 1.82) is 0 Å². The summed E-state index contributed by atoms with van der Waals surface area (Å²) in [7, 11) is 1.27. The van der Waals surface area contributed by atoms with Crippen molar-refractivity contribution in [2.75, 3.05) is 7.11 Å². The minimum atomic E-state index is -0.506. The molecule has 6 heteroatoms. The number of hydrogen-bond donors (Lipinski definition) is 0. The van der Waals surface area contributed by atoms with Crippen LogP contribution in [0.15, 0.2) is 22.8 Å². The summed E-state index contributed by atoms with van der Waals surface area (Å²) in [5, 5.41) is 14.4. The number of aromatic nitrogens is 2. The lowest BCUT2D eigenvalue weighted by Gasteiger charge is -1.96. The number of benzene rings is 1. The second-order valence-electron chi connectivity index (χ2n) is 2.63. The summed E-state index contributed by atoms with van der Waals surface area (Å²) in [5.74, 6) is -0.506. The molecule has 0 atom stereocenters. The Labute approximate surface area is 78.2 Å². The largest absolute Gasteiger partial charge is 0.465 e. The van der Waals surface area contributed by atoms with Gasteiger partial charge in [-0.1, -0.05) is 0 Å². The van der Waals surface area contributed by atoms with Gasteiger partial charge in [-0.15, -0.1) is 0 Å². The van der Waals surface area contributed by atoms with Crippen molar-refractivity contribution in [2.45, 2.75) is 0 Å². The first-order valence-electron chi connectivity index (χ1n) is 3.80. The summed E-state index contributed by atoms with van der Waals surface area (Å²) in [5.41, 5.74) is 0.883. The maximum Gasteiger partial charge on any atom is 0.338 e. The van der Waals surface area contributed by atoms with Crippen LogP contribution in [0.3, 0.4) is 0 Å². The highest BCUT2D eigenvalue weighted by Crippen LogP contribution is 2.10. The second-order valence-corrected chi connectivity index (χ2v) is 2.63. The van der Waals surface area contributed by atoms with Gasteiger partial charge in [-0.2, -0.15) is 0 Å². The minimum Gasteiger partial charge on any atom is -0.465 e. The van der Waals surface area contributed by atoms with Gasteiger partial charge in [-0.3, -0.25) is 4.63 Å². The summed E-state index contributed by atoms with van der Waals surface area (Å²) in [6.45, 7) is 0. The first kappa shape index (κ1) is 8.49. The van der Waals surface area contributed by atoms with Gasteiger partial charge in [-0.25, -0.2) is 4.79 Å². The van der Waals surface area contributed by atoms with Gasteiger partial charge in [0.1, 0.15) is 0 Å². The van der Waals surface area contributed by atoms with Crippen molar-refractivity contribution in [3.63, 3.8) is 0 Å². The number of rotatable bonds is 1. The zero-order valence-corrected chi connectivity index (χ0v) is 7.26. The molecule has 2 rings (SSSR count). The fourth-order valence-corrected chi connectivity index (χ4v) is 1.12. The Kier molecular flexibility index (Phi) is 1.81. The van der Waals surface area contributed by atoms with Gasteiger partial charge >= 0.3 is 5.97 Å². The molecule has 0 saturated heterocycles. The molecule has 0 aliphatic carbocycles. The van der Waals surface area contributed by atoms with E-state index in [9.17, 15) is 10.0 Å². The monoisotopic (exact) mass is 194 g/mol. The molecule has 1 heterocycles. The molecule has 2 aromatic rings. The number of nitrogens with zero attached hydrogens (tertiary/aromatic N) is 2. The van der Waals surface area contributed by atoms with Crippen LogP contribution in [0.2, 0.25) is 0 Å². The average Bonchev–Trinajstić information content (AvgIpc) is 2.59. The van der Waals surface area contributed by atoms with Crippen LogP contribution in [0.1, 0.15) is 10.4 Å². The Bertz CT molecular complexity index is 491. The molecular weight excluding hydrogens is 188 g/mol. The van der Waals surface area contributed by atoms with Gasteiger partial charge < -0.3 is 9.94 Å². The maximum absolute atomic E-state index is 11.1. The smallest absolute Gasteiger partial charge is 0.338 e. The highest BCUT2D eigenvalue weighted by molar-refractivity contribution is 5.92. The highest BCUT2D eigenvalue weighted by Gasteiger charge is 2.13. The van der Waals surface area contributed by atoms with Gasteiger partial charge in [0.15, 0.2) is 0 Å². The number of hydrogen-bond acceptors (Lipinski definition) is 5. The Morgan fingerprint density at radius 1 is 1.64 bits per heavy atom. The molecule has 14 heavy (non-hydrogen) atoms. The fourth-order valence-electron chi connectivity index (χ4n) is 1.12. The minimum absolute atomic E-state index is 0.202. The molecule has 1 aromatic carbocycles. The van der Waals surface area contributed by atoms with E-state index in [-0.39, 0.29) is 16.0 Å². The maximum atomic E-state index is 11.1. The molecule has 0 aliphatic rings. The van der Waals surface area contributed by atoms with E-state index in [1.165, 1.54) is 25.3 Å². The lowest BCUT2D eigenvalue weighted by atomic mass is 10.2. The number of carbonyl (C=O) groups is 1. The van der Waals surface area contributed by atoms with Crippen molar-refractivity contribution in [2.24, 2.45) is 0 Å². The predicted octanol–water partition coefficient (Wildman–Crippen LogP) is 0.248. The normalized spacial score (nSPS) is 10.4. The van der Waals surface area contributed by atoms with Gasteiger partial charge in [0.2, 0.25) is 11.0 Å². The lowest BCUT2D eigenvalue weighted by Crippen LogP contribution is -2.22. The topological polar surface area (TPSA) is 79.3 Å². The molecule has 0 saturated carbocycles. The van der Waals surface area contributed by atoms with Gasteiger partial charge in [0.25, 0.3) is 0 Å². The van der Waals surface area contributed by atoms with Crippen molar-refractivity contribution < 1.29 is 19.1 Å². The average molecular weight is 194 g/mol. The van der Waals surface area contributed by atoms with Crippen LogP contribution in [-0.2, 0) is 4.74 Å². The quantitative estimate of drug-likeness (QED) is 0.480. The molecule has 72 valence electrons. The Balaban J connectivity index is 2.60. The summed E-state index contributed by atoms with van der Waals surface area (Å²) in [6, 6.07) is 4.39. The molecule has 6 nitrogen and oxygen atoms in total. The van der Waals surface area contributed by atoms with Gasteiger partial charge in [-0.05, 0) is 17.0 Å². The van der Waals surface area contributed by atoms with Crippen molar-refractivity contribution >= 4 is 17.0 Å². The second kappa shape index (κ2) is 2.99. The van der Waals surface area contributed by atoms with E-state index in [1.54, 1.807) is 0 Å². The molecule has 0 radical (unpaired) electrons. The van der Waals surface area contributed by atoms with Crippen molar-refractivity contribution in [1.82, 2.24) is 5.16 Å². The third-order valence-electron chi connectivity index (χ3n) is 1.81. The summed E-state index contributed by atoms with van der Waals surface area (Å²) < 4.78 is 8.84. The van der Waals surface area contributed by atoms with Crippen LogP contribution >= 0.6 is 0 Å². The van der Waals surface area contributed by atoms with E-state index in [0.29, 0.717) is 5.52 Å². The van der Waals surface area contributed by atoms with Crippen LogP contribution in [0.5, 0.6) is 0 Å². The van der Waals surface area contributed by atoms with Crippen molar-refractivity contribution in [3.05, 3.63) is 29.0 Å². The molecule has 0 spiro atoms. The Morgan fingerprint density at radius 2 is 2.43 bits per heavy atom. The van der Waals surface area contributed by atoms with E-state index < -0.39 is 5.97 Å². The number of methoxy groups -OCH3 is 1. The highest BCUT2D eigenvalue weighted by atomic mass is 16.8. The summed E-state index contributed by atoms with van der Waals surface area (Å²) in [4.78, 5) is 11.3. The third kappa shape index (κ3) is 1.17. The Morgan fingerprint density at radius 3 is 3.14 bits per heavy atom. The molecule has 1 aromatic heterocycles. The zero-order valence-electron chi connectivity index (χ0n) is 7.26. The Hall–Kier alpha value is -2.11. The van der Waals surface area contributed by atoms with E-state index >= 15 is 0 Å². The van der Waals surface area contributed by atoms with Gasteiger partial charge in [0.05, 0.1) is 12.7 Å². The van der Waals surface area contributed by atoms with Crippen LogP contribution in [0, 0.1) is 5.21 Å². The first-order chi connectivity index (χ1) is 6.72. The number of fused-ring (bicyclic) bond motifs is 1. The molecule has 0 fully saturated rings. The van der Waals surface area contributed by atoms with E-state index in [1.807, 2.05) is 0 Å². The number of ether oxygens (including phenoxy) is 1. The van der Waals surface area contributed by atoms with E-state index in [4.69, 9.17) is 0 Å². The van der Waals surface area contributed by atoms with Crippen LogP contribution in [0.4, 0.5) is 0 Å². The van der Waals surface area contributed by atoms with Crippen LogP contribution in [0.25, 0.3) is 11.0 Å². The summed E-state index contributed by atoms with van der Waals surface area (Å²) >= 11 is 0. The van der Waals surface area contributed by atoms with E-state index in [0.717, 1.165) is 0 Å². The van der Waals surface area contributed by atoms with Crippen LogP contribution < -0.4 is 4.90 Å². The molecule has 0 N–H and O–H groups in total. The molecule has 0 unspecified atom stereocenters. The SMILES string of the molecule is COC(=O)c1ccc2no[n+]([O-])c2c1. The lowest BCUT2D eigenvalue weighted by molar-refractivity contribution is -0.782. The first-order valence-corrected chi connectivity index (χ1v) is 3.80. The standard InChI is InChI=1S/C8H6N2O4/c1-13-8(11)5-2-3-6-7(4-5)10(12)14-9-6/h2-4H,1H3. The van der Waals surface area contributed by atoms with E-state index in [2.05, 4.69) is 14.5 Å². The molecule has 0 bridgehead atoms. The van der Waals surface area contributed by atoms with Crippen molar-refractivity contribution in [3.8, 4) is 0 Å². The number of carbonyl (C=O) groups excluding carboxylic acids is 1. The predicted molar refractivity (Wildman–Crippen MR) is 44.3 cm³/mol. The summed E-state index contributed by atoms with van der Waals surface area (Å²) in [6.07, 6.45) is 0. The van der Waals surface area contributed by atoms with Gasteiger partial charge in [0, 0.05) is 11.2 Å². The molecule has 0 aliphatic heterocycles. The molecular formula is C8H6N2O4. The fraction of sp³-hybridized carbons (Fsp3) is 0.125. The third-order valence-corrected chi connectivity index (χ3v) is 1.81. The van der Waals surface area contributed by atoms with Crippen LogP contribution in [-0.4, -0.2) is 18.2 Å².